The van der Waals surface area contributed by atoms with Crippen LogP contribution in [0.5, 0.6) is 5.75 Å². The number of fused-ring (bicyclic) bond motifs is 1. The number of hydrogen-bond acceptors (Lipinski definition) is 5. The van der Waals surface area contributed by atoms with Gasteiger partial charge in [0, 0.05) is 0 Å². The quantitative estimate of drug-likeness (QED) is 0.628. The van der Waals surface area contributed by atoms with E-state index in [-0.39, 0.29) is 13.1 Å². The fourth-order valence-electron chi connectivity index (χ4n) is 2.11. The van der Waals surface area contributed by atoms with Gasteiger partial charge in [0.1, 0.15) is 12.1 Å². The van der Waals surface area contributed by atoms with E-state index in [2.05, 4.69) is 5.32 Å². The standard InChI is InChI=1S/C15H18N2O5/c1-9-4-5-11-10(6-9)17(8-13(19)22-11)7-12(18)16-15(2,3)14(20)21/h4-6H,7-8H2,1-3H3,(H,16,18)(H,20,21). The van der Waals surface area contributed by atoms with Gasteiger partial charge in [-0.15, -0.1) is 0 Å². The maximum Gasteiger partial charge on any atom is 0.331 e. The number of carboxylic acids is 1. The van der Waals surface area contributed by atoms with E-state index in [1.54, 1.807) is 11.0 Å². The van der Waals surface area contributed by atoms with Crippen LogP contribution in [0.3, 0.4) is 0 Å². The number of amides is 1. The van der Waals surface area contributed by atoms with E-state index < -0.39 is 23.4 Å². The first kappa shape index (κ1) is 15.8. The fraction of sp³-hybridized carbons (Fsp3) is 0.400. The predicted molar refractivity (Wildman–Crippen MR) is 78.9 cm³/mol. The van der Waals surface area contributed by atoms with E-state index in [1.165, 1.54) is 13.8 Å². The minimum Gasteiger partial charge on any atom is -0.480 e. The summed E-state index contributed by atoms with van der Waals surface area (Å²) in [5, 5.41) is 11.5. The molecular formula is C15H18N2O5. The molecular weight excluding hydrogens is 288 g/mol. The third-order valence-corrected chi connectivity index (χ3v) is 3.32. The number of ether oxygens (including phenoxy) is 1. The Labute approximate surface area is 127 Å². The number of carboxylic acid groups (broad SMARTS) is 1. The van der Waals surface area contributed by atoms with Crippen LogP contribution in [0.4, 0.5) is 5.69 Å². The number of carbonyl (C=O) groups excluding carboxylic acids is 2. The van der Waals surface area contributed by atoms with Crippen LogP contribution >= 0.6 is 0 Å². The lowest BCUT2D eigenvalue weighted by atomic mass is 10.1. The Morgan fingerprint density at radius 1 is 1.41 bits per heavy atom. The van der Waals surface area contributed by atoms with Crippen molar-refractivity contribution < 1.29 is 24.2 Å². The lowest BCUT2D eigenvalue weighted by molar-refractivity contribution is -0.145. The van der Waals surface area contributed by atoms with E-state index in [4.69, 9.17) is 9.84 Å². The number of carbonyl (C=O) groups is 3. The molecule has 0 radical (unpaired) electrons. The third-order valence-electron chi connectivity index (χ3n) is 3.32. The lowest BCUT2D eigenvalue weighted by Crippen LogP contribution is -2.53. The molecule has 0 aliphatic carbocycles. The average Bonchev–Trinajstić information content (AvgIpc) is 2.38. The summed E-state index contributed by atoms with van der Waals surface area (Å²) >= 11 is 0. The molecule has 2 rings (SSSR count). The number of hydrogen-bond donors (Lipinski definition) is 2. The Morgan fingerprint density at radius 3 is 2.73 bits per heavy atom. The van der Waals surface area contributed by atoms with Gasteiger partial charge in [-0.1, -0.05) is 6.07 Å². The van der Waals surface area contributed by atoms with Crippen molar-refractivity contribution in [2.75, 3.05) is 18.0 Å². The number of benzene rings is 1. The molecule has 1 aliphatic heterocycles. The Balaban J connectivity index is 2.17. The zero-order valence-electron chi connectivity index (χ0n) is 12.7. The molecule has 1 aliphatic rings. The van der Waals surface area contributed by atoms with Gasteiger partial charge < -0.3 is 20.1 Å². The van der Waals surface area contributed by atoms with Gasteiger partial charge in [-0.25, -0.2) is 9.59 Å². The highest BCUT2D eigenvalue weighted by molar-refractivity contribution is 5.92. The first-order valence-corrected chi connectivity index (χ1v) is 6.80. The summed E-state index contributed by atoms with van der Waals surface area (Å²) in [6.07, 6.45) is 0. The monoisotopic (exact) mass is 306 g/mol. The average molecular weight is 306 g/mol. The normalized spacial score (nSPS) is 14.1. The fourth-order valence-corrected chi connectivity index (χ4v) is 2.11. The summed E-state index contributed by atoms with van der Waals surface area (Å²) < 4.78 is 5.13. The Kier molecular flexibility index (Phi) is 4.07. The second-order valence-electron chi connectivity index (χ2n) is 5.78. The summed E-state index contributed by atoms with van der Waals surface area (Å²) in [5.41, 5.74) is 0.235. The Bertz CT molecular complexity index is 639. The molecule has 1 aromatic rings. The third kappa shape index (κ3) is 3.36. The maximum absolute atomic E-state index is 12.1. The number of nitrogens with one attached hydrogen (secondary N) is 1. The van der Waals surface area contributed by atoms with Gasteiger partial charge >= 0.3 is 11.9 Å². The van der Waals surface area contributed by atoms with Gasteiger partial charge in [0.15, 0.2) is 5.75 Å². The molecule has 118 valence electrons. The summed E-state index contributed by atoms with van der Waals surface area (Å²) in [6.45, 7) is 4.51. The SMILES string of the molecule is Cc1ccc2c(c1)N(CC(=O)NC(C)(C)C(=O)O)CC(=O)O2. The maximum atomic E-state index is 12.1. The van der Waals surface area contributed by atoms with Crippen molar-refractivity contribution in [3.8, 4) is 5.75 Å². The molecule has 0 saturated heterocycles. The van der Waals surface area contributed by atoms with Crippen molar-refractivity contribution in [2.45, 2.75) is 26.3 Å². The highest BCUT2D eigenvalue weighted by Gasteiger charge is 2.31. The predicted octanol–water partition coefficient (Wildman–Crippen LogP) is 0.700. The molecule has 0 unspecified atom stereocenters. The van der Waals surface area contributed by atoms with Crippen LogP contribution < -0.4 is 15.0 Å². The van der Waals surface area contributed by atoms with Crippen molar-refractivity contribution in [2.24, 2.45) is 0 Å². The first-order valence-electron chi connectivity index (χ1n) is 6.80. The minimum absolute atomic E-state index is 0.0582. The van der Waals surface area contributed by atoms with E-state index in [0.29, 0.717) is 11.4 Å². The van der Waals surface area contributed by atoms with Gasteiger partial charge in [0.25, 0.3) is 0 Å². The van der Waals surface area contributed by atoms with Gasteiger partial charge in [-0.05, 0) is 38.5 Å². The molecule has 1 heterocycles. The zero-order valence-corrected chi connectivity index (χ0v) is 12.7. The highest BCUT2D eigenvalue weighted by Crippen LogP contribution is 2.32. The van der Waals surface area contributed by atoms with Crippen LogP contribution in [-0.4, -0.2) is 41.6 Å². The molecule has 0 fully saturated rings. The first-order chi connectivity index (χ1) is 10.2. The number of esters is 1. The van der Waals surface area contributed by atoms with E-state index in [9.17, 15) is 14.4 Å². The zero-order chi connectivity index (χ0) is 16.5. The Morgan fingerprint density at radius 2 is 2.09 bits per heavy atom. The van der Waals surface area contributed by atoms with Crippen LogP contribution in [0.25, 0.3) is 0 Å². The van der Waals surface area contributed by atoms with Crippen LogP contribution in [0, 0.1) is 6.92 Å². The summed E-state index contributed by atoms with van der Waals surface area (Å²) in [5.74, 6) is -1.67. The molecule has 0 spiro atoms. The molecule has 7 nitrogen and oxygen atoms in total. The van der Waals surface area contributed by atoms with Gasteiger partial charge in [0.05, 0.1) is 12.2 Å². The molecule has 0 saturated carbocycles. The van der Waals surface area contributed by atoms with E-state index in [0.717, 1.165) is 5.56 Å². The minimum atomic E-state index is -1.37. The number of aryl methyl sites for hydroxylation is 1. The topological polar surface area (TPSA) is 95.9 Å². The molecule has 22 heavy (non-hydrogen) atoms. The summed E-state index contributed by atoms with van der Waals surface area (Å²) in [4.78, 5) is 36.3. The number of anilines is 1. The van der Waals surface area contributed by atoms with Crippen LogP contribution in [0.1, 0.15) is 19.4 Å². The Hall–Kier alpha value is -2.57. The van der Waals surface area contributed by atoms with Gasteiger partial charge in [-0.3, -0.25) is 4.79 Å². The molecule has 0 aromatic heterocycles. The largest absolute Gasteiger partial charge is 0.480 e. The molecule has 0 atom stereocenters. The molecule has 0 bridgehead atoms. The van der Waals surface area contributed by atoms with Crippen molar-refractivity contribution in [1.82, 2.24) is 5.32 Å². The number of aliphatic carboxylic acids is 1. The van der Waals surface area contributed by atoms with E-state index >= 15 is 0 Å². The van der Waals surface area contributed by atoms with Crippen molar-refractivity contribution in [3.05, 3.63) is 23.8 Å². The van der Waals surface area contributed by atoms with Gasteiger partial charge in [0.2, 0.25) is 5.91 Å². The summed E-state index contributed by atoms with van der Waals surface area (Å²) in [6, 6.07) is 5.30. The highest BCUT2D eigenvalue weighted by atomic mass is 16.5. The molecule has 7 heteroatoms. The van der Waals surface area contributed by atoms with Crippen molar-refractivity contribution >= 4 is 23.5 Å². The van der Waals surface area contributed by atoms with Crippen molar-refractivity contribution in [3.63, 3.8) is 0 Å². The second kappa shape index (κ2) is 5.67. The number of rotatable bonds is 4. The molecule has 2 N–H and O–H groups in total. The summed E-state index contributed by atoms with van der Waals surface area (Å²) in [7, 11) is 0. The second-order valence-corrected chi connectivity index (χ2v) is 5.78. The van der Waals surface area contributed by atoms with Crippen LogP contribution in [0.15, 0.2) is 18.2 Å². The van der Waals surface area contributed by atoms with Crippen LogP contribution in [-0.2, 0) is 14.4 Å². The number of nitrogens with zero attached hydrogens (tertiary/aromatic N) is 1. The van der Waals surface area contributed by atoms with Crippen molar-refractivity contribution in [1.29, 1.82) is 0 Å². The lowest BCUT2D eigenvalue weighted by Gasteiger charge is -2.30. The van der Waals surface area contributed by atoms with Crippen LogP contribution in [0.2, 0.25) is 0 Å². The molecule has 1 amide bonds. The smallest absolute Gasteiger partial charge is 0.331 e. The molecule has 1 aromatic carbocycles. The van der Waals surface area contributed by atoms with E-state index in [1.807, 2.05) is 19.1 Å². The van der Waals surface area contributed by atoms with Gasteiger partial charge in [-0.2, -0.15) is 0 Å².